The van der Waals surface area contributed by atoms with Crippen molar-refractivity contribution in [1.82, 2.24) is 21.1 Å². The van der Waals surface area contributed by atoms with E-state index in [-0.39, 0.29) is 17.7 Å². The average molecular weight is 364 g/mol. The van der Waals surface area contributed by atoms with E-state index in [4.69, 9.17) is 17.0 Å². The van der Waals surface area contributed by atoms with Gasteiger partial charge in [-0.1, -0.05) is 12.1 Å². The fraction of sp³-hybridized carbons (Fsp3) is 0.471. The van der Waals surface area contributed by atoms with E-state index in [0.29, 0.717) is 24.7 Å². The quantitative estimate of drug-likeness (QED) is 0.545. The maximum Gasteiger partial charge on any atom is 0.243 e. The maximum atomic E-state index is 12.2. The highest BCUT2D eigenvalue weighted by Crippen LogP contribution is 2.16. The summed E-state index contributed by atoms with van der Waals surface area (Å²) in [6.45, 7) is 3.23. The zero-order valence-electron chi connectivity index (χ0n) is 14.5. The monoisotopic (exact) mass is 364 g/mol. The molecule has 7 nitrogen and oxygen atoms in total. The molecule has 2 amide bonds. The Morgan fingerprint density at radius 1 is 1.28 bits per heavy atom. The molecule has 1 aliphatic heterocycles. The lowest BCUT2D eigenvalue weighted by atomic mass is 9.97. The first-order valence-corrected chi connectivity index (χ1v) is 8.62. The van der Waals surface area contributed by atoms with Gasteiger partial charge in [0.25, 0.3) is 0 Å². The van der Waals surface area contributed by atoms with Crippen LogP contribution in [0, 0.1) is 5.92 Å². The van der Waals surface area contributed by atoms with Gasteiger partial charge in [-0.05, 0) is 42.8 Å². The van der Waals surface area contributed by atoms with Gasteiger partial charge in [0.2, 0.25) is 11.8 Å². The number of hydrogen-bond acceptors (Lipinski definition) is 4. The van der Waals surface area contributed by atoms with Crippen LogP contribution in [0.4, 0.5) is 0 Å². The standard InChI is InChI=1S/C17H24N4O3S/c1-12(22)21-9-3-4-14(11-21)16(23)19-20-17(25)18-10-13-5-7-15(24-2)8-6-13/h5-8,14H,3-4,9-11H2,1-2H3,(H,19,23)(H2,18,20,25)/t14-/m1/s1. The van der Waals surface area contributed by atoms with Crippen molar-refractivity contribution in [3.63, 3.8) is 0 Å². The van der Waals surface area contributed by atoms with Crippen LogP contribution in [0.15, 0.2) is 24.3 Å². The Labute approximate surface area is 153 Å². The molecule has 3 N–H and O–H groups in total. The molecule has 8 heteroatoms. The summed E-state index contributed by atoms with van der Waals surface area (Å²) in [5.41, 5.74) is 6.37. The highest BCUT2D eigenvalue weighted by molar-refractivity contribution is 7.80. The van der Waals surface area contributed by atoms with Gasteiger partial charge in [0.05, 0.1) is 13.0 Å². The smallest absolute Gasteiger partial charge is 0.243 e. The summed E-state index contributed by atoms with van der Waals surface area (Å²) in [5.74, 6) is 0.431. The van der Waals surface area contributed by atoms with E-state index in [1.807, 2.05) is 24.3 Å². The van der Waals surface area contributed by atoms with Gasteiger partial charge in [0.1, 0.15) is 5.75 Å². The molecular formula is C17H24N4O3S. The summed E-state index contributed by atoms with van der Waals surface area (Å²) >= 11 is 5.16. The SMILES string of the molecule is COc1ccc(CNC(=S)NNC(=O)[C@@H]2CCCN(C(C)=O)C2)cc1. The summed E-state index contributed by atoms with van der Waals surface area (Å²) in [6, 6.07) is 7.62. The third-order valence-electron chi connectivity index (χ3n) is 4.15. The molecule has 0 spiro atoms. The number of nitrogens with zero attached hydrogens (tertiary/aromatic N) is 1. The van der Waals surface area contributed by atoms with Gasteiger partial charge in [-0.15, -0.1) is 0 Å². The maximum absolute atomic E-state index is 12.2. The van der Waals surface area contributed by atoms with Gasteiger partial charge in [-0.3, -0.25) is 20.4 Å². The van der Waals surface area contributed by atoms with Crippen molar-refractivity contribution in [2.75, 3.05) is 20.2 Å². The van der Waals surface area contributed by atoms with Crippen molar-refractivity contribution >= 4 is 29.1 Å². The first-order chi connectivity index (χ1) is 12.0. The number of hydrazine groups is 1. The Balaban J connectivity index is 1.71. The molecule has 1 aromatic rings. The number of carbonyl (C=O) groups is 2. The summed E-state index contributed by atoms with van der Waals surface area (Å²) in [4.78, 5) is 25.3. The minimum absolute atomic E-state index is 0.00198. The van der Waals surface area contributed by atoms with Gasteiger partial charge in [0, 0.05) is 26.6 Å². The van der Waals surface area contributed by atoms with E-state index in [2.05, 4.69) is 16.2 Å². The lowest BCUT2D eigenvalue weighted by Crippen LogP contribution is -2.51. The van der Waals surface area contributed by atoms with E-state index in [9.17, 15) is 9.59 Å². The largest absolute Gasteiger partial charge is 0.497 e. The summed E-state index contributed by atoms with van der Waals surface area (Å²) in [7, 11) is 1.62. The van der Waals surface area contributed by atoms with Crippen LogP contribution in [-0.2, 0) is 16.1 Å². The number of rotatable bonds is 4. The number of nitrogens with one attached hydrogen (secondary N) is 3. The first kappa shape index (κ1) is 19.0. The van der Waals surface area contributed by atoms with Crippen LogP contribution in [0.5, 0.6) is 5.75 Å². The minimum atomic E-state index is -0.213. The van der Waals surface area contributed by atoms with Crippen molar-refractivity contribution < 1.29 is 14.3 Å². The van der Waals surface area contributed by atoms with Crippen molar-refractivity contribution in [3.8, 4) is 5.75 Å². The van der Waals surface area contributed by atoms with Crippen molar-refractivity contribution in [2.24, 2.45) is 5.92 Å². The molecule has 2 rings (SSSR count). The molecule has 1 fully saturated rings. The average Bonchev–Trinajstić information content (AvgIpc) is 2.64. The Bertz CT molecular complexity index is 621. The number of thiocarbonyl (C=S) groups is 1. The molecule has 1 atom stereocenters. The molecule has 1 aromatic carbocycles. The number of ether oxygens (including phenoxy) is 1. The molecular weight excluding hydrogens is 340 g/mol. The highest BCUT2D eigenvalue weighted by atomic mass is 32.1. The molecule has 0 aliphatic carbocycles. The van der Waals surface area contributed by atoms with Crippen LogP contribution in [0.3, 0.4) is 0 Å². The Kier molecular flexibility index (Phi) is 7.00. The predicted octanol–water partition coefficient (Wildman–Crippen LogP) is 0.949. The number of carbonyl (C=O) groups excluding carboxylic acids is 2. The topological polar surface area (TPSA) is 82.7 Å². The highest BCUT2D eigenvalue weighted by Gasteiger charge is 2.26. The fourth-order valence-electron chi connectivity index (χ4n) is 2.67. The summed E-state index contributed by atoms with van der Waals surface area (Å²) in [6.07, 6.45) is 1.60. The summed E-state index contributed by atoms with van der Waals surface area (Å²) < 4.78 is 5.11. The van der Waals surface area contributed by atoms with Gasteiger partial charge in [-0.2, -0.15) is 0 Å². The molecule has 0 aromatic heterocycles. The Hall–Kier alpha value is -2.35. The second-order valence-electron chi connectivity index (χ2n) is 5.95. The molecule has 136 valence electrons. The molecule has 1 aliphatic rings. The second kappa shape index (κ2) is 9.22. The molecule has 0 unspecified atom stereocenters. The number of piperidine rings is 1. The lowest BCUT2D eigenvalue weighted by molar-refractivity contribution is -0.134. The Morgan fingerprint density at radius 3 is 2.64 bits per heavy atom. The molecule has 0 radical (unpaired) electrons. The van der Waals surface area contributed by atoms with Crippen LogP contribution in [0.2, 0.25) is 0 Å². The van der Waals surface area contributed by atoms with Crippen molar-refractivity contribution in [1.29, 1.82) is 0 Å². The zero-order chi connectivity index (χ0) is 18.2. The fourth-order valence-corrected chi connectivity index (χ4v) is 2.79. The number of benzene rings is 1. The van der Waals surface area contributed by atoms with Crippen LogP contribution in [0.25, 0.3) is 0 Å². The van der Waals surface area contributed by atoms with Gasteiger partial charge >= 0.3 is 0 Å². The van der Waals surface area contributed by atoms with Gasteiger partial charge < -0.3 is 15.0 Å². The normalized spacial score (nSPS) is 16.7. The molecule has 1 saturated heterocycles. The molecule has 0 bridgehead atoms. The van der Waals surface area contributed by atoms with Gasteiger partial charge in [-0.25, -0.2) is 0 Å². The minimum Gasteiger partial charge on any atom is -0.497 e. The number of hydrogen-bond donors (Lipinski definition) is 3. The first-order valence-electron chi connectivity index (χ1n) is 8.21. The van der Waals surface area contributed by atoms with Crippen LogP contribution >= 0.6 is 12.2 Å². The van der Waals surface area contributed by atoms with E-state index in [0.717, 1.165) is 24.2 Å². The van der Waals surface area contributed by atoms with Crippen molar-refractivity contribution in [2.45, 2.75) is 26.3 Å². The van der Waals surface area contributed by atoms with E-state index in [1.54, 1.807) is 12.0 Å². The number of amides is 2. The van der Waals surface area contributed by atoms with Crippen LogP contribution in [0.1, 0.15) is 25.3 Å². The van der Waals surface area contributed by atoms with Crippen LogP contribution < -0.4 is 20.9 Å². The molecule has 25 heavy (non-hydrogen) atoms. The zero-order valence-corrected chi connectivity index (χ0v) is 15.3. The summed E-state index contributed by atoms with van der Waals surface area (Å²) in [5, 5.41) is 3.36. The third-order valence-corrected chi connectivity index (χ3v) is 4.40. The third kappa shape index (κ3) is 5.90. The number of likely N-dealkylation sites (tertiary alicyclic amines) is 1. The predicted molar refractivity (Wildman–Crippen MR) is 98.7 cm³/mol. The van der Waals surface area contributed by atoms with E-state index >= 15 is 0 Å². The van der Waals surface area contributed by atoms with Crippen molar-refractivity contribution in [3.05, 3.63) is 29.8 Å². The Morgan fingerprint density at radius 2 is 2.00 bits per heavy atom. The number of methoxy groups -OCH3 is 1. The van der Waals surface area contributed by atoms with E-state index < -0.39 is 0 Å². The lowest BCUT2D eigenvalue weighted by Gasteiger charge is -2.31. The van der Waals surface area contributed by atoms with Gasteiger partial charge in [0.15, 0.2) is 5.11 Å². The van der Waals surface area contributed by atoms with Crippen LogP contribution in [-0.4, -0.2) is 42.0 Å². The molecule has 1 heterocycles. The second-order valence-corrected chi connectivity index (χ2v) is 6.36. The molecule has 0 saturated carbocycles. The van der Waals surface area contributed by atoms with E-state index in [1.165, 1.54) is 6.92 Å².